The van der Waals surface area contributed by atoms with Crippen LogP contribution in [0.4, 0.5) is 0 Å². The molecule has 0 radical (unpaired) electrons. The number of carbonyl (C=O) groups is 1. The van der Waals surface area contributed by atoms with Gasteiger partial charge in [-0.05, 0) is 12.8 Å². The van der Waals surface area contributed by atoms with Crippen LogP contribution in [0.3, 0.4) is 0 Å². The Bertz CT molecular complexity index is 653. The van der Waals surface area contributed by atoms with Crippen LogP contribution in [0.5, 0.6) is 0 Å². The normalized spacial score (nSPS) is 24.8. The first kappa shape index (κ1) is 39.2. The number of amides is 1. The molecule has 1 aliphatic rings. The number of hydrogen-bond acceptors (Lipinski definition) is 9. The topological polar surface area (TPSA) is 169 Å². The van der Waals surface area contributed by atoms with Gasteiger partial charge < -0.3 is 45.4 Å². The zero-order chi connectivity index (χ0) is 31.2. The van der Waals surface area contributed by atoms with Crippen LogP contribution in [-0.4, -0.2) is 98.7 Å². The minimum absolute atomic E-state index is 0.273. The molecule has 0 aromatic heterocycles. The van der Waals surface area contributed by atoms with E-state index in [9.17, 15) is 35.4 Å². The maximum atomic E-state index is 12.6. The summed E-state index contributed by atoms with van der Waals surface area (Å²) in [5, 5.41) is 64.2. The van der Waals surface area contributed by atoms with Gasteiger partial charge in [-0.25, -0.2) is 0 Å². The van der Waals surface area contributed by atoms with E-state index >= 15 is 0 Å². The number of rotatable bonds is 26. The monoisotopic (exact) mass is 605 g/mol. The number of hydrogen-bond donors (Lipinski definition) is 7. The Kier molecular flexibility index (Phi) is 22.8. The van der Waals surface area contributed by atoms with Gasteiger partial charge in [-0.3, -0.25) is 4.79 Å². The molecule has 1 aliphatic heterocycles. The van der Waals surface area contributed by atoms with Gasteiger partial charge in [0.25, 0.3) is 0 Å². The van der Waals surface area contributed by atoms with Crippen molar-refractivity contribution in [2.45, 2.75) is 185 Å². The molecule has 1 heterocycles. The minimum atomic E-state index is -1.60. The van der Waals surface area contributed by atoms with Crippen LogP contribution >= 0.6 is 0 Å². The first-order valence-corrected chi connectivity index (χ1v) is 16.8. The van der Waals surface area contributed by atoms with E-state index in [0.717, 1.165) is 51.4 Å². The van der Waals surface area contributed by atoms with E-state index in [1.165, 1.54) is 51.4 Å². The molecule has 10 heteroatoms. The number of unbranched alkanes of at least 4 members (excludes halogenated alkanes) is 15. The average Bonchev–Trinajstić information content (AvgIpc) is 2.98. The molecule has 0 aromatic carbocycles. The fourth-order valence-corrected chi connectivity index (χ4v) is 5.43. The van der Waals surface area contributed by atoms with Crippen molar-refractivity contribution in [1.82, 2.24) is 5.32 Å². The number of aliphatic hydroxyl groups excluding tert-OH is 6. The van der Waals surface area contributed by atoms with Crippen molar-refractivity contribution < 1.29 is 44.9 Å². The molecule has 0 aromatic rings. The standard InChI is InChI=1S/C32H63NO9/c1-3-5-7-9-10-11-12-13-14-15-17-18-20-25(35)28(37)24(33-27(36)21-19-16-8-6-4-2)23-41-32-31(40)30(39)29(38)26(22-34)42-32/h24-26,28-32,34-35,37-40H,3-23H2,1-2H3,(H,33,36)/t24-,25+,26?,28-,29-,30-,31?,32-/m0/s1. The summed E-state index contributed by atoms with van der Waals surface area (Å²) in [5.41, 5.74) is 0. The van der Waals surface area contributed by atoms with Crippen LogP contribution < -0.4 is 5.32 Å². The fourth-order valence-electron chi connectivity index (χ4n) is 5.43. The molecule has 7 N–H and O–H groups in total. The van der Waals surface area contributed by atoms with Gasteiger partial charge in [0.15, 0.2) is 6.29 Å². The van der Waals surface area contributed by atoms with Gasteiger partial charge in [-0.1, -0.05) is 117 Å². The quantitative estimate of drug-likeness (QED) is 0.0730. The van der Waals surface area contributed by atoms with E-state index in [2.05, 4.69) is 19.2 Å². The Morgan fingerprint density at radius 1 is 0.738 bits per heavy atom. The highest BCUT2D eigenvalue weighted by Gasteiger charge is 2.44. The highest BCUT2D eigenvalue weighted by atomic mass is 16.7. The lowest BCUT2D eigenvalue weighted by atomic mass is 9.98. The molecule has 250 valence electrons. The predicted octanol–water partition coefficient (Wildman–Crippen LogP) is 3.46. The second-order valence-corrected chi connectivity index (χ2v) is 12.1. The van der Waals surface area contributed by atoms with Crippen LogP contribution in [0.1, 0.15) is 136 Å². The van der Waals surface area contributed by atoms with Crippen molar-refractivity contribution in [2.75, 3.05) is 13.2 Å². The number of aliphatic hydroxyl groups is 6. The molecule has 1 saturated heterocycles. The van der Waals surface area contributed by atoms with Crippen molar-refractivity contribution >= 4 is 5.91 Å². The highest BCUT2D eigenvalue weighted by molar-refractivity contribution is 5.76. The first-order chi connectivity index (χ1) is 20.3. The van der Waals surface area contributed by atoms with Crippen LogP contribution in [0.2, 0.25) is 0 Å². The Hall–Kier alpha value is -0.850. The first-order valence-electron chi connectivity index (χ1n) is 16.8. The summed E-state index contributed by atoms with van der Waals surface area (Å²) in [5.74, 6) is -0.273. The van der Waals surface area contributed by atoms with E-state index in [4.69, 9.17) is 9.47 Å². The van der Waals surface area contributed by atoms with Crippen molar-refractivity contribution in [1.29, 1.82) is 0 Å². The summed E-state index contributed by atoms with van der Waals surface area (Å²) < 4.78 is 11.0. The maximum absolute atomic E-state index is 12.6. The van der Waals surface area contributed by atoms with Crippen molar-refractivity contribution in [3.8, 4) is 0 Å². The van der Waals surface area contributed by atoms with Gasteiger partial charge in [0.2, 0.25) is 5.91 Å². The second kappa shape index (κ2) is 24.5. The molecule has 0 aliphatic carbocycles. The molecular formula is C32H63NO9. The second-order valence-electron chi connectivity index (χ2n) is 12.1. The molecular weight excluding hydrogens is 542 g/mol. The summed E-state index contributed by atoms with van der Waals surface area (Å²) >= 11 is 0. The number of ether oxygens (including phenoxy) is 2. The van der Waals surface area contributed by atoms with Crippen LogP contribution in [0, 0.1) is 0 Å². The lowest BCUT2D eigenvalue weighted by Crippen LogP contribution is -2.60. The van der Waals surface area contributed by atoms with Gasteiger partial charge in [0, 0.05) is 6.42 Å². The van der Waals surface area contributed by atoms with Crippen molar-refractivity contribution in [3.63, 3.8) is 0 Å². The van der Waals surface area contributed by atoms with E-state index in [-0.39, 0.29) is 18.9 Å². The Labute approximate surface area is 254 Å². The molecule has 8 atom stereocenters. The summed E-state index contributed by atoms with van der Waals surface area (Å²) in [6.07, 6.45) is 10.3. The third kappa shape index (κ3) is 16.3. The molecule has 1 rings (SSSR count). The molecule has 0 saturated carbocycles. The van der Waals surface area contributed by atoms with Gasteiger partial charge in [0.1, 0.15) is 30.5 Å². The molecule has 0 bridgehead atoms. The summed E-state index contributed by atoms with van der Waals surface area (Å²) in [4.78, 5) is 12.6. The van der Waals surface area contributed by atoms with Gasteiger partial charge in [-0.15, -0.1) is 0 Å². The third-order valence-electron chi connectivity index (χ3n) is 8.30. The van der Waals surface area contributed by atoms with Gasteiger partial charge in [-0.2, -0.15) is 0 Å². The molecule has 1 amide bonds. The summed E-state index contributed by atoms with van der Waals surface area (Å²) in [6.45, 7) is 3.45. The van der Waals surface area contributed by atoms with E-state index in [1.54, 1.807) is 0 Å². The molecule has 10 nitrogen and oxygen atoms in total. The van der Waals surface area contributed by atoms with E-state index < -0.39 is 55.6 Å². The largest absolute Gasteiger partial charge is 0.394 e. The molecule has 1 fully saturated rings. The molecule has 0 spiro atoms. The lowest BCUT2D eigenvalue weighted by Gasteiger charge is -2.40. The predicted molar refractivity (Wildman–Crippen MR) is 163 cm³/mol. The number of nitrogens with one attached hydrogen (secondary N) is 1. The smallest absolute Gasteiger partial charge is 0.220 e. The van der Waals surface area contributed by atoms with E-state index in [0.29, 0.717) is 12.8 Å². The average molecular weight is 606 g/mol. The lowest BCUT2D eigenvalue weighted by molar-refractivity contribution is -0.303. The summed E-state index contributed by atoms with van der Waals surface area (Å²) in [6, 6.07) is -0.979. The zero-order valence-corrected chi connectivity index (χ0v) is 26.4. The Morgan fingerprint density at radius 2 is 1.24 bits per heavy atom. The number of carbonyl (C=O) groups excluding carboxylic acids is 1. The Balaban J connectivity index is 2.52. The van der Waals surface area contributed by atoms with Crippen LogP contribution in [0.25, 0.3) is 0 Å². The minimum Gasteiger partial charge on any atom is -0.394 e. The molecule has 42 heavy (non-hydrogen) atoms. The fraction of sp³-hybridized carbons (Fsp3) is 0.969. The van der Waals surface area contributed by atoms with Gasteiger partial charge in [0.05, 0.1) is 25.4 Å². The Morgan fingerprint density at radius 3 is 1.76 bits per heavy atom. The van der Waals surface area contributed by atoms with Crippen molar-refractivity contribution in [2.24, 2.45) is 0 Å². The van der Waals surface area contributed by atoms with Gasteiger partial charge >= 0.3 is 0 Å². The zero-order valence-electron chi connectivity index (χ0n) is 26.4. The maximum Gasteiger partial charge on any atom is 0.220 e. The van der Waals surface area contributed by atoms with Crippen molar-refractivity contribution in [3.05, 3.63) is 0 Å². The van der Waals surface area contributed by atoms with E-state index in [1.807, 2.05) is 0 Å². The van der Waals surface area contributed by atoms with Crippen LogP contribution in [0.15, 0.2) is 0 Å². The SMILES string of the molecule is CCCCCCCCCCCCCC[C@@H](O)[C@@H](O)[C@H](CO[C@H]1OC(CO)[C@H](O)[C@H](O)C1O)NC(=O)CCCCCCC. The third-order valence-corrected chi connectivity index (χ3v) is 8.30. The summed E-state index contributed by atoms with van der Waals surface area (Å²) in [7, 11) is 0. The molecule has 2 unspecified atom stereocenters. The van der Waals surface area contributed by atoms with Crippen LogP contribution in [-0.2, 0) is 14.3 Å². The highest BCUT2D eigenvalue weighted by Crippen LogP contribution is 2.23.